The molecule has 6 heteroatoms. The highest BCUT2D eigenvalue weighted by molar-refractivity contribution is 7.09. The molecule has 1 saturated carbocycles. The average molecular weight is 306 g/mol. The Balaban J connectivity index is 1.90. The molecule has 1 unspecified atom stereocenters. The van der Waals surface area contributed by atoms with Crippen molar-refractivity contribution in [2.75, 3.05) is 7.05 Å². The Labute approximate surface area is 121 Å². The Kier molecular flexibility index (Phi) is 5.07. The van der Waals surface area contributed by atoms with Gasteiger partial charge >= 0.3 is 6.18 Å². The van der Waals surface area contributed by atoms with E-state index in [2.05, 4.69) is 10.3 Å². The summed E-state index contributed by atoms with van der Waals surface area (Å²) in [7, 11) is 1.89. The number of aromatic nitrogens is 1. The summed E-state index contributed by atoms with van der Waals surface area (Å²) in [6.07, 6.45) is -1.37. The van der Waals surface area contributed by atoms with Gasteiger partial charge in [0.15, 0.2) is 0 Å². The van der Waals surface area contributed by atoms with Gasteiger partial charge in [-0.05, 0) is 45.6 Å². The van der Waals surface area contributed by atoms with Gasteiger partial charge in [-0.3, -0.25) is 0 Å². The monoisotopic (exact) mass is 306 g/mol. The molecule has 1 aromatic rings. The molecule has 0 saturated heterocycles. The predicted molar refractivity (Wildman–Crippen MR) is 74.9 cm³/mol. The first kappa shape index (κ1) is 15.8. The van der Waals surface area contributed by atoms with E-state index in [1.807, 2.05) is 19.4 Å². The molecule has 1 aliphatic carbocycles. The lowest BCUT2D eigenvalue weighted by molar-refractivity contribution is -0.184. The maximum Gasteiger partial charge on any atom is 0.391 e. The minimum Gasteiger partial charge on any atom is -0.316 e. The normalized spacial score (nSPS) is 25.6. The van der Waals surface area contributed by atoms with Gasteiger partial charge in [0, 0.05) is 23.5 Å². The zero-order valence-electron chi connectivity index (χ0n) is 11.8. The number of likely N-dealkylation sites (N-methyl/N-ethyl adjacent to an activating group) is 1. The van der Waals surface area contributed by atoms with Crippen molar-refractivity contribution < 1.29 is 13.2 Å². The standard InChI is InChI=1S/C14H21F3N2S/c1-9-8-20-13(19-9)7-12(18-2)10-3-5-11(6-4-10)14(15,16)17/h8,10-12,18H,3-7H2,1-2H3. The lowest BCUT2D eigenvalue weighted by Crippen LogP contribution is -2.39. The van der Waals surface area contributed by atoms with Crippen LogP contribution in [0.15, 0.2) is 5.38 Å². The smallest absolute Gasteiger partial charge is 0.316 e. The van der Waals surface area contributed by atoms with Crippen LogP contribution in [-0.2, 0) is 6.42 Å². The first-order chi connectivity index (χ1) is 9.40. The fourth-order valence-corrected chi connectivity index (χ4v) is 3.87. The third-order valence-electron chi connectivity index (χ3n) is 4.24. The van der Waals surface area contributed by atoms with Crippen LogP contribution < -0.4 is 5.32 Å². The molecule has 1 aliphatic rings. The fourth-order valence-electron chi connectivity index (χ4n) is 3.04. The number of aryl methyl sites for hydroxylation is 1. The average Bonchev–Trinajstić information content (AvgIpc) is 2.81. The molecule has 1 aromatic heterocycles. The van der Waals surface area contributed by atoms with Gasteiger partial charge in [-0.25, -0.2) is 4.98 Å². The summed E-state index contributed by atoms with van der Waals surface area (Å²) in [5.41, 5.74) is 1.01. The molecular formula is C14H21F3N2S. The first-order valence-electron chi connectivity index (χ1n) is 7.05. The highest BCUT2D eigenvalue weighted by Crippen LogP contribution is 2.40. The number of alkyl halides is 3. The number of rotatable bonds is 4. The SMILES string of the molecule is CNC(Cc1nc(C)cs1)C1CCC(C(F)(F)F)CC1. The Morgan fingerprint density at radius 2 is 2.00 bits per heavy atom. The van der Waals surface area contributed by atoms with Crippen LogP contribution >= 0.6 is 11.3 Å². The highest BCUT2D eigenvalue weighted by Gasteiger charge is 2.42. The quantitative estimate of drug-likeness (QED) is 0.911. The number of nitrogens with zero attached hydrogens (tertiary/aromatic N) is 1. The third-order valence-corrected chi connectivity index (χ3v) is 5.22. The molecule has 0 aromatic carbocycles. The van der Waals surface area contributed by atoms with Crippen molar-refractivity contribution in [3.05, 3.63) is 16.1 Å². The highest BCUT2D eigenvalue weighted by atomic mass is 32.1. The first-order valence-corrected chi connectivity index (χ1v) is 7.93. The summed E-state index contributed by atoms with van der Waals surface area (Å²) in [6.45, 7) is 1.96. The van der Waals surface area contributed by atoms with Gasteiger partial charge < -0.3 is 5.32 Å². The van der Waals surface area contributed by atoms with E-state index in [4.69, 9.17) is 0 Å². The molecule has 0 amide bonds. The molecule has 2 nitrogen and oxygen atoms in total. The number of nitrogens with one attached hydrogen (secondary N) is 1. The molecule has 0 spiro atoms. The van der Waals surface area contributed by atoms with Gasteiger partial charge in [0.1, 0.15) is 0 Å². The van der Waals surface area contributed by atoms with Crippen molar-refractivity contribution in [1.82, 2.24) is 10.3 Å². The Morgan fingerprint density at radius 1 is 1.35 bits per heavy atom. The van der Waals surface area contributed by atoms with Crippen molar-refractivity contribution in [1.29, 1.82) is 0 Å². The van der Waals surface area contributed by atoms with Crippen molar-refractivity contribution in [3.8, 4) is 0 Å². The molecule has 2 rings (SSSR count). The lowest BCUT2D eigenvalue weighted by Gasteiger charge is -2.34. The molecule has 1 heterocycles. The molecule has 114 valence electrons. The van der Waals surface area contributed by atoms with E-state index >= 15 is 0 Å². The molecule has 1 N–H and O–H groups in total. The zero-order chi connectivity index (χ0) is 14.8. The van der Waals surface area contributed by atoms with Crippen molar-refractivity contribution >= 4 is 11.3 Å². The second-order valence-corrected chi connectivity index (χ2v) is 6.58. The van der Waals surface area contributed by atoms with Crippen LogP contribution in [0.1, 0.15) is 36.4 Å². The van der Waals surface area contributed by atoms with Crippen LogP contribution in [0.5, 0.6) is 0 Å². The van der Waals surface area contributed by atoms with Crippen molar-refractivity contribution in [3.63, 3.8) is 0 Å². The summed E-state index contributed by atoms with van der Waals surface area (Å²) < 4.78 is 38.0. The Bertz CT molecular complexity index is 422. The number of halogens is 3. The second kappa shape index (κ2) is 6.43. The summed E-state index contributed by atoms with van der Waals surface area (Å²) in [6, 6.07) is 0.231. The van der Waals surface area contributed by atoms with Crippen LogP contribution in [-0.4, -0.2) is 24.2 Å². The van der Waals surface area contributed by atoms with E-state index in [0.29, 0.717) is 18.8 Å². The topological polar surface area (TPSA) is 24.9 Å². The maximum atomic E-state index is 12.7. The van der Waals surface area contributed by atoms with Gasteiger partial charge in [0.25, 0.3) is 0 Å². The number of hydrogen-bond donors (Lipinski definition) is 1. The van der Waals surface area contributed by atoms with Gasteiger partial charge in [0.05, 0.1) is 10.9 Å². The molecule has 0 aliphatic heterocycles. The van der Waals surface area contributed by atoms with Crippen LogP contribution in [0.2, 0.25) is 0 Å². The molecule has 0 radical (unpaired) electrons. The lowest BCUT2D eigenvalue weighted by atomic mass is 9.77. The third kappa shape index (κ3) is 3.95. The summed E-state index contributed by atoms with van der Waals surface area (Å²) >= 11 is 1.63. The van der Waals surface area contributed by atoms with Crippen LogP contribution in [0.4, 0.5) is 13.2 Å². The Morgan fingerprint density at radius 3 is 2.45 bits per heavy atom. The Hall–Kier alpha value is -0.620. The van der Waals surface area contributed by atoms with Gasteiger partial charge in [-0.1, -0.05) is 0 Å². The molecule has 1 fully saturated rings. The number of thiazole rings is 1. The van der Waals surface area contributed by atoms with Gasteiger partial charge in [0.2, 0.25) is 0 Å². The largest absolute Gasteiger partial charge is 0.391 e. The van der Waals surface area contributed by atoms with Crippen LogP contribution in [0.3, 0.4) is 0 Å². The van der Waals surface area contributed by atoms with Crippen molar-refractivity contribution in [2.45, 2.75) is 51.2 Å². The van der Waals surface area contributed by atoms with Gasteiger partial charge in [-0.2, -0.15) is 13.2 Å². The van der Waals surface area contributed by atoms with Crippen LogP contribution in [0.25, 0.3) is 0 Å². The fraction of sp³-hybridized carbons (Fsp3) is 0.786. The maximum absolute atomic E-state index is 12.7. The predicted octanol–water partition coefficient (Wildman–Crippen LogP) is 3.95. The van der Waals surface area contributed by atoms with E-state index in [9.17, 15) is 13.2 Å². The summed E-state index contributed by atoms with van der Waals surface area (Å²) in [4.78, 5) is 4.45. The van der Waals surface area contributed by atoms with Crippen molar-refractivity contribution in [2.24, 2.45) is 11.8 Å². The van der Waals surface area contributed by atoms with E-state index in [-0.39, 0.29) is 18.9 Å². The number of hydrogen-bond acceptors (Lipinski definition) is 3. The second-order valence-electron chi connectivity index (χ2n) is 5.64. The minimum absolute atomic E-state index is 0.231. The van der Waals surface area contributed by atoms with E-state index in [0.717, 1.165) is 17.1 Å². The van der Waals surface area contributed by atoms with E-state index < -0.39 is 12.1 Å². The van der Waals surface area contributed by atoms with Gasteiger partial charge in [-0.15, -0.1) is 11.3 Å². The molecule has 1 atom stereocenters. The summed E-state index contributed by atoms with van der Waals surface area (Å²) in [5.74, 6) is -0.777. The molecular weight excluding hydrogens is 285 g/mol. The zero-order valence-corrected chi connectivity index (χ0v) is 12.7. The van der Waals surface area contributed by atoms with Crippen LogP contribution in [0, 0.1) is 18.8 Å². The van der Waals surface area contributed by atoms with E-state index in [1.165, 1.54) is 0 Å². The molecule has 0 bridgehead atoms. The molecule has 20 heavy (non-hydrogen) atoms. The van der Waals surface area contributed by atoms with E-state index in [1.54, 1.807) is 11.3 Å². The summed E-state index contributed by atoms with van der Waals surface area (Å²) in [5, 5.41) is 6.35. The minimum atomic E-state index is -4.02.